The highest BCUT2D eigenvalue weighted by Gasteiger charge is 2.63. The summed E-state index contributed by atoms with van der Waals surface area (Å²) in [6.07, 6.45) is -5.18. The Bertz CT molecular complexity index is 851. The molecule has 0 saturated carbocycles. The van der Waals surface area contributed by atoms with Crippen molar-refractivity contribution in [2.75, 3.05) is 11.9 Å². The minimum absolute atomic E-state index is 0.000482. The predicted octanol–water partition coefficient (Wildman–Crippen LogP) is 3.97. The number of nitrogens with one attached hydrogen (secondary N) is 2. The zero-order chi connectivity index (χ0) is 20.9. The van der Waals surface area contributed by atoms with E-state index in [1.807, 2.05) is 5.32 Å². The maximum Gasteiger partial charge on any atom is 0.441 e. The molecule has 28 heavy (non-hydrogen) atoms. The van der Waals surface area contributed by atoms with Crippen molar-refractivity contribution in [2.45, 2.75) is 32.6 Å². The van der Waals surface area contributed by atoms with Crippen LogP contribution in [-0.2, 0) is 9.53 Å². The van der Waals surface area contributed by atoms with E-state index < -0.39 is 23.7 Å². The van der Waals surface area contributed by atoms with Crippen LogP contribution in [0.4, 0.5) is 18.9 Å². The van der Waals surface area contributed by atoms with Crippen molar-refractivity contribution in [3.8, 4) is 0 Å². The Morgan fingerprint density at radius 2 is 1.64 bits per heavy atom. The maximum absolute atomic E-state index is 14.1. The van der Waals surface area contributed by atoms with Crippen LogP contribution in [0.25, 0.3) is 0 Å². The number of esters is 1. The summed E-state index contributed by atoms with van der Waals surface area (Å²) in [4.78, 5) is 25.0. The lowest BCUT2D eigenvalue weighted by Crippen LogP contribution is -2.69. The Kier molecular flexibility index (Phi) is 6.33. The molecule has 0 aromatic heterocycles. The van der Waals surface area contributed by atoms with Crippen LogP contribution in [0.5, 0.6) is 0 Å². The summed E-state index contributed by atoms with van der Waals surface area (Å²) in [7, 11) is 0. The van der Waals surface area contributed by atoms with Gasteiger partial charge in [0, 0.05) is 11.3 Å². The van der Waals surface area contributed by atoms with Gasteiger partial charge < -0.3 is 15.4 Å². The highest BCUT2D eigenvalue weighted by Crippen LogP contribution is 2.33. The number of anilines is 1. The van der Waals surface area contributed by atoms with Gasteiger partial charge in [0.1, 0.15) is 0 Å². The van der Waals surface area contributed by atoms with Crippen molar-refractivity contribution >= 4 is 17.6 Å². The number of carbonyl (C=O) groups is 2. The lowest BCUT2D eigenvalue weighted by Gasteiger charge is -2.35. The van der Waals surface area contributed by atoms with Crippen LogP contribution in [0.1, 0.15) is 28.4 Å². The third-order valence-corrected chi connectivity index (χ3v) is 3.97. The molecule has 1 atom stereocenters. The molecule has 0 saturated heterocycles. The predicted molar refractivity (Wildman–Crippen MR) is 98.9 cm³/mol. The van der Waals surface area contributed by atoms with Gasteiger partial charge in [-0.25, -0.2) is 4.79 Å². The average molecular weight is 394 g/mol. The fourth-order valence-corrected chi connectivity index (χ4v) is 2.51. The van der Waals surface area contributed by atoms with Crippen LogP contribution in [0, 0.1) is 13.8 Å². The molecular formula is C20H21F3N2O3. The average Bonchev–Trinajstić information content (AvgIpc) is 2.62. The van der Waals surface area contributed by atoms with Crippen molar-refractivity contribution in [1.82, 2.24) is 5.32 Å². The van der Waals surface area contributed by atoms with Crippen LogP contribution in [-0.4, -0.2) is 30.3 Å². The van der Waals surface area contributed by atoms with Gasteiger partial charge in [-0.15, -0.1) is 0 Å². The lowest BCUT2D eigenvalue weighted by molar-refractivity contribution is -0.204. The van der Waals surface area contributed by atoms with Crippen LogP contribution in [0.15, 0.2) is 48.5 Å². The molecule has 8 heteroatoms. The molecule has 0 bridgehead atoms. The van der Waals surface area contributed by atoms with E-state index in [2.05, 4.69) is 10.1 Å². The molecule has 0 aliphatic rings. The number of amides is 1. The molecule has 0 aliphatic heterocycles. The molecule has 0 aliphatic carbocycles. The Balaban J connectivity index is 2.50. The molecule has 2 N–H and O–H groups in total. The van der Waals surface area contributed by atoms with Gasteiger partial charge in [0.15, 0.2) is 0 Å². The molecule has 0 radical (unpaired) electrons. The zero-order valence-corrected chi connectivity index (χ0v) is 15.7. The zero-order valence-electron chi connectivity index (χ0n) is 15.7. The van der Waals surface area contributed by atoms with Crippen molar-refractivity contribution in [3.63, 3.8) is 0 Å². The Morgan fingerprint density at radius 1 is 1.00 bits per heavy atom. The van der Waals surface area contributed by atoms with E-state index in [1.165, 1.54) is 37.3 Å². The SMILES string of the molecule is CCOC(=O)C(NC(=O)c1cccc(C)c1)(Nc1ccc(C)cc1)C(F)(F)F. The van der Waals surface area contributed by atoms with Gasteiger partial charge in [-0.05, 0) is 45.0 Å². The van der Waals surface area contributed by atoms with Crippen molar-refractivity contribution in [1.29, 1.82) is 0 Å². The molecule has 5 nitrogen and oxygen atoms in total. The van der Waals surface area contributed by atoms with E-state index in [-0.39, 0.29) is 17.9 Å². The second-order valence-electron chi connectivity index (χ2n) is 6.28. The van der Waals surface area contributed by atoms with Crippen molar-refractivity contribution < 1.29 is 27.5 Å². The molecule has 2 rings (SSSR count). The number of ether oxygens (including phenoxy) is 1. The molecule has 1 unspecified atom stereocenters. The number of hydrogen-bond donors (Lipinski definition) is 2. The Hall–Kier alpha value is -3.03. The van der Waals surface area contributed by atoms with Crippen LogP contribution < -0.4 is 10.6 Å². The van der Waals surface area contributed by atoms with Crippen LogP contribution in [0.3, 0.4) is 0 Å². The maximum atomic E-state index is 14.1. The van der Waals surface area contributed by atoms with Gasteiger partial charge in [-0.2, -0.15) is 13.2 Å². The smallest absolute Gasteiger partial charge is 0.441 e. The summed E-state index contributed by atoms with van der Waals surface area (Å²) in [5, 5.41) is 3.94. The highest BCUT2D eigenvalue weighted by atomic mass is 19.4. The summed E-state index contributed by atoms with van der Waals surface area (Å²) in [6, 6.07) is 11.9. The van der Waals surface area contributed by atoms with Crippen molar-refractivity contribution in [3.05, 3.63) is 65.2 Å². The van der Waals surface area contributed by atoms with Gasteiger partial charge in [-0.3, -0.25) is 4.79 Å². The topological polar surface area (TPSA) is 67.4 Å². The molecule has 2 aromatic carbocycles. The standard InChI is InChI=1S/C20H21F3N2O3/c1-4-28-18(27)19(20(21,22)23,24-16-10-8-13(2)9-11-16)25-17(26)15-7-5-6-14(3)12-15/h5-12,24H,4H2,1-3H3,(H,25,26). The quantitative estimate of drug-likeness (QED) is 0.575. The fourth-order valence-electron chi connectivity index (χ4n) is 2.51. The van der Waals surface area contributed by atoms with Gasteiger partial charge in [0.25, 0.3) is 5.91 Å². The number of hydrogen-bond acceptors (Lipinski definition) is 4. The monoisotopic (exact) mass is 394 g/mol. The summed E-state index contributed by atoms with van der Waals surface area (Å²) in [5.41, 5.74) is -1.95. The molecule has 0 heterocycles. The van der Waals surface area contributed by atoms with Crippen LogP contribution >= 0.6 is 0 Å². The first-order valence-electron chi connectivity index (χ1n) is 8.57. The van der Waals surface area contributed by atoms with E-state index in [0.29, 0.717) is 5.56 Å². The summed E-state index contributed by atoms with van der Waals surface area (Å²) < 4.78 is 46.9. The van der Waals surface area contributed by atoms with Gasteiger partial charge in [-0.1, -0.05) is 35.4 Å². The van der Waals surface area contributed by atoms with E-state index >= 15 is 0 Å². The molecule has 150 valence electrons. The Morgan fingerprint density at radius 3 is 2.18 bits per heavy atom. The number of benzene rings is 2. The third-order valence-electron chi connectivity index (χ3n) is 3.97. The van der Waals surface area contributed by atoms with Crippen LogP contribution in [0.2, 0.25) is 0 Å². The molecular weight excluding hydrogens is 373 g/mol. The molecule has 0 spiro atoms. The molecule has 2 aromatic rings. The first-order chi connectivity index (χ1) is 13.1. The number of alkyl halides is 3. The second kappa shape index (κ2) is 8.33. The summed E-state index contributed by atoms with van der Waals surface area (Å²) in [5.74, 6) is -2.71. The lowest BCUT2D eigenvalue weighted by atomic mass is 10.1. The molecule has 1 amide bonds. The summed E-state index contributed by atoms with van der Waals surface area (Å²) >= 11 is 0. The molecule has 0 fully saturated rings. The Labute approximate surface area is 160 Å². The first-order valence-corrected chi connectivity index (χ1v) is 8.57. The van der Waals surface area contributed by atoms with E-state index in [4.69, 9.17) is 0 Å². The highest BCUT2D eigenvalue weighted by molar-refractivity contribution is 5.99. The minimum Gasteiger partial charge on any atom is -0.463 e. The third kappa shape index (κ3) is 4.62. The van der Waals surface area contributed by atoms with E-state index in [1.54, 1.807) is 32.0 Å². The fraction of sp³-hybridized carbons (Fsp3) is 0.300. The first kappa shape index (κ1) is 21.3. The number of rotatable bonds is 6. The number of halogens is 3. The largest absolute Gasteiger partial charge is 0.463 e. The van der Waals surface area contributed by atoms with Gasteiger partial charge >= 0.3 is 17.8 Å². The minimum atomic E-state index is -5.18. The van der Waals surface area contributed by atoms with E-state index in [0.717, 1.165) is 5.56 Å². The van der Waals surface area contributed by atoms with E-state index in [9.17, 15) is 22.8 Å². The number of aryl methyl sites for hydroxylation is 2. The summed E-state index contributed by atoms with van der Waals surface area (Å²) in [6.45, 7) is 4.56. The van der Waals surface area contributed by atoms with Crippen molar-refractivity contribution in [2.24, 2.45) is 0 Å². The number of carbonyl (C=O) groups excluding carboxylic acids is 2. The normalized spacial score (nSPS) is 13.4. The van der Waals surface area contributed by atoms with Gasteiger partial charge in [0.2, 0.25) is 0 Å². The second-order valence-corrected chi connectivity index (χ2v) is 6.28. The van der Waals surface area contributed by atoms with Gasteiger partial charge in [0.05, 0.1) is 6.61 Å².